The summed E-state index contributed by atoms with van der Waals surface area (Å²) in [4.78, 5) is 0.966. The van der Waals surface area contributed by atoms with Gasteiger partial charge in [0.25, 0.3) is 0 Å². The number of hydrogen-bond donors (Lipinski definition) is 1. The zero-order valence-electron chi connectivity index (χ0n) is 8.40. The first-order valence-electron chi connectivity index (χ1n) is 4.64. The summed E-state index contributed by atoms with van der Waals surface area (Å²) in [7, 11) is 0. The number of aliphatic hydroxyl groups is 1. The van der Waals surface area contributed by atoms with Crippen molar-refractivity contribution in [1.82, 2.24) is 0 Å². The Morgan fingerprint density at radius 2 is 2.33 bits per heavy atom. The number of nitrogens with zero attached hydrogens (tertiary/aromatic N) is 1. The molecule has 0 amide bonds. The van der Waals surface area contributed by atoms with Gasteiger partial charge in [0.05, 0.1) is 5.56 Å². The first-order valence-corrected chi connectivity index (χ1v) is 6.31. The minimum atomic E-state index is 0.185. The number of thioether (sulfide) groups is 1. The molecule has 1 rings (SSSR count). The Balaban J connectivity index is 2.83. The number of aliphatic hydroxyl groups excluding tert-OH is 1. The van der Waals surface area contributed by atoms with Gasteiger partial charge in [0.2, 0.25) is 0 Å². The number of halogens is 1. The average molecular weight is 286 g/mol. The fraction of sp³-hybridized carbons (Fsp3) is 0.364. The van der Waals surface area contributed by atoms with Crippen molar-refractivity contribution in [1.29, 1.82) is 5.26 Å². The Labute approximate surface area is 102 Å². The van der Waals surface area contributed by atoms with Crippen molar-refractivity contribution in [2.45, 2.75) is 23.5 Å². The van der Waals surface area contributed by atoms with Crippen molar-refractivity contribution in [3.63, 3.8) is 0 Å². The van der Waals surface area contributed by atoms with Crippen LogP contribution >= 0.6 is 27.7 Å². The first kappa shape index (κ1) is 12.6. The SMILES string of the molecule is CC(CCO)Sc1cc(Br)ccc1C#N. The van der Waals surface area contributed by atoms with Crippen LogP contribution in [0, 0.1) is 11.3 Å². The molecule has 0 aliphatic rings. The molecule has 4 heteroatoms. The highest BCUT2D eigenvalue weighted by Gasteiger charge is 2.08. The fourth-order valence-electron chi connectivity index (χ4n) is 1.14. The molecule has 0 heterocycles. The maximum Gasteiger partial charge on any atom is 0.100 e. The lowest BCUT2D eigenvalue weighted by Gasteiger charge is -2.10. The van der Waals surface area contributed by atoms with E-state index in [1.807, 2.05) is 19.1 Å². The highest BCUT2D eigenvalue weighted by Crippen LogP contribution is 2.30. The van der Waals surface area contributed by atoms with Gasteiger partial charge in [-0.05, 0) is 24.6 Å². The van der Waals surface area contributed by atoms with Crippen LogP contribution < -0.4 is 0 Å². The minimum absolute atomic E-state index is 0.185. The van der Waals surface area contributed by atoms with E-state index in [0.717, 1.165) is 15.8 Å². The largest absolute Gasteiger partial charge is 0.396 e. The Morgan fingerprint density at radius 1 is 1.60 bits per heavy atom. The van der Waals surface area contributed by atoms with Crippen molar-refractivity contribution in [2.24, 2.45) is 0 Å². The second kappa shape index (κ2) is 6.16. The van der Waals surface area contributed by atoms with Crippen LogP contribution in [0.3, 0.4) is 0 Å². The lowest BCUT2D eigenvalue weighted by molar-refractivity contribution is 0.289. The second-order valence-corrected chi connectivity index (χ2v) is 5.59. The summed E-state index contributed by atoms with van der Waals surface area (Å²) in [6, 6.07) is 7.77. The first-order chi connectivity index (χ1) is 7.17. The topological polar surface area (TPSA) is 44.0 Å². The Morgan fingerprint density at radius 3 is 2.93 bits per heavy atom. The van der Waals surface area contributed by atoms with E-state index in [0.29, 0.717) is 10.8 Å². The summed E-state index contributed by atoms with van der Waals surface area (Å²) >= 11 is 5.00. The summed E-state index contributed by atoms with van der Waals surface area (Å²) in [6.07, 6.45) is 0.738. The molecular weight excluding hydrogens is 274 g/mol. The predicted molar refractivity (Wildman–Crippen MR) is 65.9 cm³/mol. The molecule has 1 aromatic rings. The van der Waals surface area contributed by atoms with E-state index in [-0.39, 0.29) is 6.61 Å². The summed E-state index contributed by atoms with van der Waals surface area (Å²) in [6.45, 7) is 2.23. The highest BCUT2D eigenvalue weighted by atomic mass is 79.9. The van der Waals surface area contributed by atoms with Crippen LogP contribution in [-0.2, 0) is 0 Å². The minimum Gasteiger partial charge on any atom is -0.396 e. The van der Waals surface area contributed by atoms with Gasteiger partial charge < -0.3 is 5.11 Å². The Bertz CT molecular complexity index is 375. The smallest absolute Gasteiger partial charge is 0.100 e. The van der Waals surface area contributed by atoms with Gasteiger partial charge in [0.15, 0.2) is 0 Å². The van der Waals surface area contributed by atoms with Crippen LogP contribution in [-0.4, -0.2) is 17.0 Å². The zero-order chi connectivity index (χ0) is 11.3. The van der Waals surface area contributed by atoms with E-state index in [9.17, 15) is 0 Å². The van der Waals surface area contributed by atoms with Crippen molar-refractivity contribution in [3.05, 3.63) is 28.2 Å². The number of benzene rings is 1. The van der Waals surface area contributed by atoms with E-state index in [2.05, 4.69) is 22.0 Å². The number of rotatable bonds is 4. The quantitative estimate of drug-likeness (QED) is 0.864. The summed E-state index contributed by atoms with van der Waals surface area (Å²) < 4.78 is 0.972. The normalized spacial score (nSPS) is 12.1. The van der Waals surface area contributed by atoms with Crippen LogP contribution in [0.5, 0.6) is 0 Å². The van der Waals surface area contributed by atoms with E-state index in [4.69, 9.17) is 10.4 Å². The second-order valence-electron chi connectivity index (χ2n) is 3.19. The lowest BCUT2D eigenvalue weighted by atomic mass is 10.2. The van der Waals surface area contributed by atoms with Crippen LogP contribution in [0.4, 0.5) is 0 Å². The molecule has 0 bridgehead atoms. The molecule has 80 valence electrons. The van der Waals surface area contributed by atoms with Gasteiger partial charge in [-0.1, -0.05) is 22.9 Å². The summed E-state index contributed by atoms with van der Waals surface area (Å²) in [5.74, 6) is 0. The number of hydrogen-bond acceptors (Lipinski definition) is 3. The van der Waals surface area contributed by atoms with Gasteiger partial charge in [-0.3, -0.25) is 0 Å². The molecule has 1 unspecified atom stereocenters. The monoisotopic (exact) mass is 285 g/mol. The van der Waals surface area contributed by atoms with E-state index < -0.39 is 0 Å². The van der Waals surface area contributed by atoms with Crippen LogP contribution in [0.25, 0.3) is 0 Å². The molecule has 0 fully saturated rings. The third-order valence-electron chi connectivity index (χ3n) is 1.93. The van der Waals surface area contributed by atoms with Crippen LogP contribution in [0.15, 0.2) is 27.6 Å². The van der Waals surface area contributed by atoms with E-state index in [1.165, 1.54) is 0 Å². The van der Waals surface area contributed by atoms with Crippen LogP contribution in [0.2, 0.25) is 0 Å². The van der Waals surface area contributed by atoms with Gasteiger partial charge in [0.1, 0.15) is 6.07 Å². The van der Waals surface area contributed by atoms with Gasteiger partial charge in [-0.25, -0.2) is 0 Å². The molecular formula is C11H12BrNOS. The van der Waals surface area contributed by atoms with E-state index in [1.54, 1.807) is 17.8 Å². The van der Waals surface area contributed by atoms with Crippen molar-refractivity contribution in [3.8, 4) is 6.07 Å². The molecule has 0 saturated carbocycles. The third-order valence-corrected chi connectivity index (χ3v) is 3.65. The molecule has 2 nitrogen and oxygen atoms in total. The molecule has 15 heavy (non-hydrogen) atoms. The standard InChI is InChI=1S/C11H12BrNOS/c1-8(4-5-14)15-11-6-10(12)3-2-9(11)7-13/h2-3,6,8,14H,4-5H2,1H3. The van der Waals surface area contributed by atoms with Crippen molar-refractivity contribution >= 4 is 27.7 Å². The Hall–Kier alpha value is -0.500. The highest BCUT2D eigenvalue weighted by molar-refractivity contribution is 9.10. The fourth-order valence-corrected chi connectivity index (χ4v) is 2.75. The molecule has 0 spiro atoms. The summed E-state index contributed by atoms with van der Waals surface area (Å²) in [5.41, 5.74) is 0.688. The molecule has 1 atom stereocenters. The third kappa shape index (κ3) is 3.86. The van der Waals surface area contributed by atoms with E-state index >= 15 is 0 Å². The van der Waals surface area contributed by atoms with Gasteiger partial charge in [0, 0.05) is 21.2 Å². The molecule has 0 aromatic heterocycles. The molecule has 0 aliphatic heterocycles. The predicted octanol–water partition coefficient (Wildman–Crippen LogP) is 3.18. The van der Waals surface area contributed by atoms with Gasteiger partial charge in [-0.2, -0.15) is 5.26 Å². The molecule has 1 aromatic carbocycles. The molecule has 1 N–H and O–H groups in total. The maximum absolute atomic E-state index is 8.92. The zero-order valence-corrected chi connectivity index (χ0v) is 10.8. The van der Waals surface area contributed by atoms with Crippen molar-refractivity contribution in [2.75, 3.05) is 6.61 Å². The Kier molecular flexibility index (Phi) is 5.16. The number of nitriles is 1. The van der Waals surface area contributed by atoms with Crippen LogP contribution in [0.1, 0.15) is 18.9 Å². The van der Waals surface area contributed by atoms with Gasteiger partial charge in [-0.15, -0.1) is 11.8 Å². The lowest BCUT2D eigenvalue weighted by Crippen LogP contribution is -1.99. The molecule has 0 radical (unpaired) electrons. The van der Waals surface area contributed by atoms with Gasteiger partial charge >= 0.3 is 0 Å². The summed E-state index contributed by atoms with van der Waals surface area (Å²) in [5, 5.41) is 18.0. The van der Waals surface area contributed by atoms with Crippen molar-refractivity contribution < 1.29 is 5.11 Å². The molecule has 0 aliphatic carbocycles. The average Bonchev–Trinajstić information content (AvgIpc) is 2.18. The molecule has 0 saturated heterocycles. The maximum atomic E-state index is 8.92.